The first kappa shape index (κ1) is 14.5. The van der Waals surface area contributed by atoms with Gasteiger partial charge in [0.1, 0.15) is 17.6 Å². The second kappa shape index (κ2) is 5.22. The lowest BCUT2D eigenvalue weighted by molar-refractivity contribution is -0.167. The smallest absolute Gasteiger partial charge is 0.471 e. The van der Waals surface area contributed by atoms with Gasteiger partial charge in [-0.25, -0.2) is 0 Å². The highest BCUT2D eigenvalue weighted by atomic mass is 19.4. The topological polar surface area (TPSA) is 47.6 Å². The number of hydrogen-bond acceptors (Lipinski definition) is 3. The van der Waals surface area contributed by atoms with Crippen molar-refractivity contribution in [3.8, 4) is 11.5 Å². The van der Waals surface area contributed by atoms with Gasteiger partial charge in [0.25, 0.3) is 0 Å². The van der Waals surface area contributed by atoms with Gasteiger partial charge in [-0.05, 0) is 19.9 Å². The van der Waals surface area contributed by atoms with Crippen molar-refractivity contribution in [2.45, 2.75) is 32.5 Å². The molecule has 1 aliphatic heterocycles. The molecule has 0 radical (unpaired) electrons. The average molecular weight is 289 g/mol. The number of nitrogens with one attached hydrogen (secondary N) is 1. The van der Waals surface area contributed by atoms with Gasteiger partial charge in [-0.3, -0.25) is 4.79 Å². The van der Waals surface area contributed by atoms with Gasteiger partial charge in [-0.2, -0.15) is 13.2 Å². The van der Waals surface area contributed by atoms with Gasteiger partial charge in [-0.15, -0.1) is 0 Å². The lowest BCUT2D eigenvalue weighted by Crippen LogP contribution is -2.30. The molecule has 0 fully saturated rings. The third-order valence-electron chi connectivity index (χ3n) is 2.80. The number of halogens is 3. The van der Waals surface area contributed by atoms with E-state index in [9.17, 15) is 18.0 Å². The number of carbonyl (C=O) groups is 1. The fourth-order valence-corrected chi connectivity index (χ4v) is 2.01. The molecule has 0 saturated heterocycles. The molecular formula is C13H14F3NO3. The second-order valence-corrected chi connectivity index (χ2v) is 4.47. The molecule has 1 amide bonds. The molecule has 1 N–H and O–H groups in total. The summed E-state index contributed by atoms with van der Waals surface area (Å²) in [6.45, 7) is 3.85. The molecule has 4 nitrogen and oxygen atoms in total. The van der Waals surface area contributed by atoms with Crippen LogP contribution in [0, 0.1) is 0 Å². The molecule has 1 heterocycles. The molecule has 0 bridgehead atoms. The molecule has 7 heteroatoms. The van der Waals surface area contributed by atoms with E-state index < -0.39 is 12.1 Å². The highest BCUT2D eigenvalue weighted by Gasteiger charge is 2.39. The van der Waals surface area contributed by atoms with Gasteiger partial charge in [0.05, 0.1) is 12.3 Å². The van der Waals surface area contributed by atoms with E-state index in [1.54, 1.807) is 13.0 Å². The zero-order valence-corrected chi connectivity index (χ0v) is 11.0. The average Bonchev–Trinajstić information content (AvgIpc) is 2.67. The first-order valence-corrected chi connectivity index (χ1v) is 6.15. The van der Waals surface area contributed by atoms with Crippen molar-refractivity contribution < 1.29 is 27.4 Å². The first-order valence-electron chi connectivity index (χ1n) is 6.15. The third-order valence-corrected chi connectivity index (χ3v) is 2.80. The summed E-state index contributed by atoms with van der Waals surface area (Å²) in [6.07, 6.45) is -4.34. The summed E-state index contributed by atoms with van der Waals surface area (Å²) >= 11 is 0. The van der Waals surface area contributed by atoms with Crippen LogP contribution in [0.3, 0.4) is 0 Å². The Labute approximate surface area is 113 Å². The lowest BCUT2D eigenvalue weighted by Gasteiger charge is -2.14. The van der Waals surface area contributed by atoms with Gasteiger partial charge >= 0.3 is 12.1 Å². The van der Waals surface area contributed by atoms with Crippen LogP contribution >= 0.6 is 0 Å². The Bertz CT molecular complexity index is 528. The molecule has 1 atom stereocenters. The Kier molecular flexibility index (Phi) is 3.78. The summed E-state index contributed by atoms with van der Waals surface area (Å²) in [4.78, 5) is 11.0. The normalized spacial score (nSPS) is 17.4. The number of hydrogen-bond donors (Lipinski definition) is 1. The van der Waals surface area contributed by atoms with Gasteiger partial charge in [-0.1, -0.05) is 0 Å². The molecule has 2 rings (SSSR count). The molecule has 1 aliphatic rings. The molecular weight excluding hydrogens is 275 g/mol. The van der Waals surface area contributed by atoms with E-state index in [0.717, 1.165) is 5.56 Å². The Balaban J connectivity index is 2.32. The van der Waals surface area contributed by atoms with Crippen molar-refractivity contribution in [3.05, 3.63) is 17.7 Å². The highest BCUT2D eigenvalue weighted by Crippen LogP contribution is 2.38. The quantitative estimate of drug-likeness (QED) is 0.930. The Hall–Kier alpha value is -1.92. The van der Waals surface area contributed by atoms with E-state index in [1.165, 1.54) is 6.07 Å². The van der Waals surface area contributed by atoms with Crippen LogP contribution in [-0.4, -0.2) is 24.8 Å². The molecule has 110 valence electrons. The van der Waals surface area contributed by atoms with Gasteiger partial charge < -0.3 is 14.8 Å². The summed E-state index contributed by atoms with van der Waals surface area (Å²) in [5.41, 5.74) is 0.813. The van der Waals surface area contributed by atoms with Crippen molar-refractivity contribution in [3.63, 3.8) is 0 Å². The first-order chi connectivity index (χ1) is 9.31. The van der Waals surface area contributed by atoms with Crippen LogP contribution in [0.1, 0.15) is 19.4 Å². The third kappa shape index (κ3) is 2.97. The molecule has 0 aromatic heterocycles. The zero-order chi connectivity index (χ0) is 14.9. The number of anilines is 1. The van der Waals surface area contributed by atoms with Crippen LogP contribution in [0.4, 0.5) is 18.9 Å². The van der Waals surface area contributed by atoms with Crippen molar-refractivity contribution in [1.29, 1.82) is 0 Å². The van der Waals surface area contributed by atoms with E-state index in [2.05, 4.69) is 0 Å². The van der Waals surface area contributed by atoms with Crippen LogP contribution in [-0.2, 0) is 11.2 Å². The molecule has 0 saturated carbocycles. The maximum Gasteiger partial charge on any atom is 0.471 e. The number of ether oxygens (including phenoxy) is 2. The highest BCUT2D eigenvalue weighted by molar-refractivity contribution is 5.96. The second-order valence-electron chi connectivity index (χ2n) is 4.47. The largest absolute Gasteiger partial charge is 0.492 e. The summed E-state index contributed by atoms with van der Waals surface area (Å²) in [5, 5.41) is 1.81. The van der Waals surface area contributed by atoms with Crippen LogP contribution < -0.4 is 14.8 Å². The minimum atomic E-state index is -4.95. The van der Waals surface area contributed by atoms with Crippen LogP contribution in [0.25, 0.3) is 0 Å². The molecule has 1 aromatic rings. The standard InChI is InChI=1S/C13H14F3NO3/c1-3-19-11-5-8-4-7(2)20-10(8)6-9(11)17-12(18)13(14,15)16/h5-7H,3-4H2,1-2H3,(H,17,18). The van der Waals surface area contributed by atoms with E-state index in [-0.39, 0.29) is 24.1 Å². The fourth-order valence-electron chi connectivity index (χ4n) is 2.01. The van der Waals surface area contributed by atoms with Crippen LogP contribution in [0.5, 0.6) is 11.5 Å². The van der Waals surface area contributed by atoms with E-state index >= 15 is 0 Å². The number of amides is 1. The molecule has 0 aliphatic carbocycles. The summed E-state index contributed by atoms with van der Waals surface area (Å²) < 4.78 is 47.6. The van der Waals surface area contributed by atoms with Gasteiger partial charge in [0.2, 0.25) is 0 Å². The number of fused-ring (bicyclic) bond motifs is 1. The number of carbonyl (C=O) groups excluding carboxylic acids is 1. The maximum absolute atomic E-state index is 12.3. The van der Waals surface area contributed by atoms with Gasteiger partial charge in [0.15, 0.2) is 0 Å². The minimum absolute atomic E-state index is 0.0398. The van der Waals surface area contributed by atoms with Crippen molar-refractivity contribution in [2.75, 3.05) is 11.9 Å². The maximum atomic E-state index is 12.3. The minimum Gasteiger partial charge on any atom is -0.492 e. The van der Waals surface area contributed by atoms with Gasteiger partial charge in [0, 0.05) is 18.1 Å². The summed E-state index contributed by atoms with van der Waals surface area (Å²) in [6, 6.07) is 2.97. The Morgan fingerprint density at radius 1 is 1.50 bits per heavy atom. The Morgan fingerprint density at radius 2 is 2.20 bits per heavy atom. The van der Waals surface area contributed by atoms with Crippen LogP contribution in [0.15, 0.2) is 12.1 Å². The van der Waals surface area contributed by atoms with E-state index in [1.807, 2.05) is 12.2 Å². The fraction of sp³-hybridized carbons (Fsp3) is 0.462. The molecule has 0 spiro atoms. The predicted molar refractivity (Wildman–Crippen MR) is 66.1 cm³/mol. The van der Waals surface area contributed by atoms with Crippen molar-refractivity contribution in [1.82, 2.24) is 0 Å². The van der Waals surface area contributed by atoms with Crippen molar-refractivity contribution in [2.24, 2.45) is 0 Å². The zero-order valence-electron chi connectivity index (χ0n) is 11.0. The van der Waals surface area contributed by atoms with E-state index in [0.29, 0.717) is 12.2 Å². The summed E-state index contributed by atoms with van der Waals surface area (Å²) in [7, 11) is 0. The molecule has 1 unspecified atom stereocenters. The number of rotatable bonds is 3. The monoisotopic (exact) mass is 289 g/mol. The predicted octanol–water partition coefficient (Wildman–Crippen LogP) is 2.91. The number of alkyl halides is 3. The number of benzene rings is 1. The SMILES string of the molecule is CCOc1cc2c(cc1NC(=O)C(F)(F)F)OC(C)C2. The van der Waals surface area contributed by atoms with E-state index in [4.69, 9.17) is 9.47 Å². The summed E-state index contributed by atoms with van der Waals surface area (Å²) in [5.74, 6) is -1.36. The molecule has 20 heavy (non-hydrogen) atoms. The molecule has 1 aromatic carbocycles. The lowest BCUT2D eigenvalue weighted by atomic mass is 10.1. The van der Waals surface area contributed by atoms with Crippen LogP contribution in [0.2, 0.25) is 0 Å². The Morgan fingerprint density at radius 3 is 2.80 bits per heavy atom. The van der Waals surface area contributed by atoms with Crippen molar-refractivity contribution >= 4 is 11.6 Å².